The molecule has 24 heavy (non-hydrogen) atoms. The van der Waals surface area contributed by atoms with Crippen LogP contribution >= 0.6 is 11.3 Å². The third kappa shape index (κ3) is 3.01. The summed E-state index contributed by atoms with van der Waals surface area (Å²) in [5, 5.41) is 2.69. The number of aryl methyl sites for hydroxylation is 1. The van der Waals surface area contributed by atoms with Crippen molar-refractivity contribution in [3.8, 4) is 0 Å². The number of halogens is 1. The van der Waals surface area contributed by atoms with Gasteiger partial charge in [0.05, 0.1) is 18.9 Å². The maximum atomic E-state index is 13.8. The number of ether oxygens (including phenoxy) is 1. The summed E-state index contributed by atoms with van der Waals surface area (Å²) in [4.78, 5) is 8.38. The molecule has 1 aromatic heterocycles. The van der Waals surface area contributed by atoms with Gasteiger partial charge in [0.1, 0.15) is 5.82 Å². The quantitative estimate of drug-likeness (QED) is 0.714. The number of hydrogen-bond acceptors (Lipinski definition) is 4. The molecular weight excluding hydrogens is 323 g/mol. The van der Waals surface area contributed by atoms with Crippen LogP contribution in [0.3, 0.4) is 0 Å². The molecule has 1 aliphatic heterocycles. The van der Waals surface area contributed by atoms with Crippen molar-refractivity contribution in [1.29, 1.82) is 0 Å². The first kappa shape index (κ1) is 15.5. The van der Waals surface area contributed by atoms with Crippen LogP contribution in [-0.2, 0) is 11.2 Å². The second kappa shape index (κ2) is 6.49. The van der Waals surface area contributed by atoms with Crippen molar-refractivity contribution < 1.29 is 9.13 Å². The molecule has 3 aromatic rings. The number of morpholine rings is 1. The molecule has 0 unspecified atom stereocenters. The van der Waals surface area contributed by atoms with Gasteiger partial charge >= 0.3 is 0 Å². The van der Waals surface area contributed by atoms with Crippen molar-refractivity contribution in [3.63, 3.8) is 0 Å². The zero-order valence-corrected chi connectivity index (χ0v) is 14.4. The smallest absolute Gasteiger partial charge is 0.185 e. The summed E-state index contributed by atoms with van der Waals surface area (Å²) in [6, 6.07) is 11.1. The maximum Gasteiger partial charge on any atom is 0.185 e. The van der Waals surface area contributed by atoms with Crippen molar-refractivity contribution in [2.45, 2.75) is 13.3 Å². The van der Waals surface area contributed by atoms with E-state index in [1.165, 1.54) is 10.9 Å². The molecule has 0 N–H and O–H groups in total. The molecule has 1 aliphatic rings. The Bertz CT molecular complexity index is 871. The van der Waals surface area contributed by atoms with Crippen LogP contribution in [0.1, 0.15) is 16.1 Å². The number of hydrogen-bond donors (Lipinski definition) is 0. The molecule has 1 saturated heterocycles. The number of nitrogens with zero attached hydrogens (tertiary/aromatic N) is 2. The standard InChI is InChI=1S/C19H19FN2OS/c1-13-18(21-19(24-13)22-7-9-23-10-8-22)12-14-5-6-16-15(11-14)3-2-4-17(16)20/h2-6,11H,7-10,12H2,1H3. The molecule has 1 fully saturated rings. The lowest BCUT2D eigenvalue weighted by molar-refractivity contribution is 0.122. The Balaban J connectivity index is 1.60. The van der Waals surface area contributed by atoms with E-state index < -0.39 is 0 Å². The lowest BCUT2D eigenvalue weighted by atomic mass is 10.0. The Morgan fingerprint density at radius 1 is 1.21 bits per heavy atom. The van der Waals surface area contributed by atoms with Crippen LogP contribution in [0, 0.1) is 12.7 Å². The van der Waals surface area contributed by atoms with Gasteiger partial charge in [0.2, 0.25) is 0 Å². The summed E-state index contributed by atoms with van der Waals surface area (Å²) >= 11 is 1.75. The van der Waals surface area contributed by atoms with Crippen LogP contribution in [0.4, 0.5) is 9.52 Å². The summed E-state index contributed by atoms with van der Waals surface area (Å²) in [5.41, 5.74) is 2.27. The molecule has 0 amide bonds. The van der Waals surface area contributed by atoms with Crippen molar-refractivity contribution >= 4 is 27.2 Å². The Labute approximate surface area is 144 Å². The van der Waals surface area contributed by atoms with Crippen LogP contribution in [0.2, 0.25) is 0 Å². The molecule has 0 atom stereocenters. The minimum atomic E-state index is -0.168. The molecule has 124 valence electrons. The van der Waals surface area contributed by atoms with E-state index in [0.717, 1.165) is 54.5 Å². The Morgan fingerprint density at radius 3 is 2.88 bits per heavy atom. The van der Waals surface area contributed by atoms with E-state index in [-0.39, 0.29) is 5.82 Å². The van der Waals surface area contributed by atoms with Gasteiger partial charge in [-0.1, -0.05) is 30.3 Å². The average Bonchev–Trinajstić information content (AvgIpc) is 2.97. The first-order valence-electron chi connectivity index (χ1n) is 8.17. The van der Waals surface area contributed by atoms with E-state index in [0.29, 0.717) is 5.39 Å². The molecular formula is C19H19FN2OS. The number of thiazole rings is 1. The minimum Gasteiger partial charge on any atom is -0.378 e. The van der Waals surface area contributed by atoms with E-state index in [1.807, 2.05) is 18.2 Å². The fourth-order valence-electron chi connectivity index (χ4n) is 3.06. The largest absolute Gasteiger partial charge is 0.378 e. The van der Waals surface area contributed by atoms with Crippen LogP contribution in [0.5, 0.6) is 0 Å². The predicted molar refractivity (Wildman–Crippen MR) is 96.6 cm³/mol. The lowest BCUT2D eigenvalue weighted by Crippen LogP contribution is -2.36. The molecule has 0 aliphatic carbocycles. The van der Waals surface area contributed by atoms with Crippen LogP contribution < -0.4 is 4.90 Å². The molecule has 2 heterocycles. The lowest BCUT2D eigenvalue weighted by Gasteiger charge is -2.26. The summed E-state index contributed by atoms with van der Waals surface area (Å²) in [7, 11) is 0. The Hall–Kier alpha value is -1.98. The first-order valence-corrected chi connectivity index (χ1v) is 8.98. The fourth-order valence-corrected chi connectivity index (χ4v) is 4.04. The van der Waals surface area contributed by atoms with Gasteiger partial charge in [-0.05, 0) is 23.9 Å². The van der Waals surface area contributed by atoms with Gasteiger partial charge in [-0.15, -0.1) is 11.3 Å². The third-order valence-electron chi connectivity index (χ3n) is 4.43. The van der Waals surface area contributed by atoms with Crippen LogP contribution in [-0.4, -0.2) is 31.3 Å². The Kier molecular flexibility index (Phi) is 4.21. The topological polar surface area (TPSA) is 25.4 Å². The molecule has 0 bridgehead atoms. The highest BCUT2D eigenvalue weighted by Gasteiger charge is 2.17. The van der Waals surface area contributed by atoms with Gasteiger partial charge in [-0.2, -0.15) is 0 Å². The van der Waals surface area contributed by atoms with Crippen molar-refractivity contribution in [2.24, 2.45) is 0 Å². The molecule has 0 spiro atoms. The summed E-state index contributed by atoms with van der Waals surface area (Å²) in [6.45, 7) is 5.47. The van der Waals surface area contributed by atoms with Gasteiger partial charge in [0.25, 0.3) is 0 Å². The molecule has 2 aromatic carbocycles. The van der Waals surface area contributed by atoms with Crippen LogP contribution in [0.25, 0.3) is 10.8 Å². The second-order valence-corrected chi connectivity index (χ2v) is 7.25. The highest BCUT2D eigenvalue weighted by atomic mass is 32.1. The fraction of sp³-hybridized carbons (Fsp3) is 0.316. The SMILES string of the molecule is Cc1sc(N2CCOCC2)nc1Cc1ccc2c(F)cccc2c1. The molecule has 4 rings (SSSR count). The third-order valence-corrected chi connectivity index (χ3v) is 5.50. The summed E-state index contributed by atoms with van der Waals surface area (Å²) in [5.74, 6) is -0.168. The zero-order chi connectivity index (χ0) is 16.5. The molecule has 3 nitrogen and oxygen atoms in total. The zero-order valence-electron chi connectivity index (χ0n) is 13.6. The van der Waals surface area contributed by atoms with E-state index in [1.54, 1.807) is 17.4 Å². The highest BCUT2D eigenvalue weighted by Crippen LogP contribution is 2.28. The van der Waals surface area contributed by atoms with E-state index >= 15 is 0 Å². The van der Waals surface area contributed by atoms with Gasteiger partial charge in [0, 0.05) is 29.8 Å². The number of rotatable bonds is 3. The first-order chi connectivity index (χ1) is 11.7. The number of anilines is 1. The number of aromatic nitrogens is 1. The molecule has 0 saturated carbocycles. The Morgan fingerprint density at radius 2 is 2.04 bits per heavy atom. The van der Waals surface area contributed by atoms with Crippen LogP contribution in [0.15, 0.2) is 36.4 Å². The maximum absolute atomic E-state index is 13.8. The normalized spacial score (nSPS) is 15.2. The second-order valence-electron chi connectivity index (χ2n) is 6.07. The molecule has 0 radical (unpaired) electrons. The summed E-state index contributed by atoms with van der Waals surface area (Å²) in [6.07, 6.45) is 0.777. The predicted octanol–water partition coefficient (Wildman–Crippen LogP) is 4.17. The van der Waals surface area contributed by atoms with E-state index in [9.17, 15) is 4.39 Å². The number of fused-ring (bicyclic) bond motifs is 1. The van der Waals surface area contributed by atoms with Gasteiger partial charge in [-0.25, -0.2) is 9.37 Å². The monoisotopic (exact) mass is 342 g/mol. The van der Waals surface area contributed by atoms with Gasteiger partial charge in [-0.3, -0.25) is 0 Å². The van der Waals surface area contributed by atoms with Crippen molar-refractivity contribution in [1.82, 2.24) is 4.98 Å². The van der Waals surface area contributed by atoms with Crippen molar-refractivity contribution in [3.05, 3.63) is 58.3 Å². The highest BCUT2D eigenvalue weighted by molar-refractivity contribution is 7.15. The summed E-state index contributed by atoms with van der Waals surface area (Å²) < 4.78 is 19.2. The molecule has 5 heteroatoms. The van der Waals surface area contributed by atoms with E-state index in [4.69, 9.17) is 9.72 Å². The van der Waals surface area contributed by atoms with E-state index in [2.05, 4.69) is 17.9 Å². The minimum absolute atomic E-state index is 0.168. The number of benzene rings is 2. The average molecular weight is 342 g/mol. The van der Waals surface area contributed by atoms with Gasteiger partial charge in [0.15, 0.2) is 5.13 Å². The van der Waals surface area contributed by atoms with Crippen molar-refractivity contribution in [2.75, 3.05) is 31.2 Å². The van der Waals surface area contributed by atoms with Gasteiger partial charge < -0.3 is 9.64 Å².